The van der Waals surface area contributed by atoms with Gasteiger partial charge in [0.1, 0.15) is 5.52 Å². The fourth-order valence-electron chi connectivity index (χ4n) is 2.14. The number of hydrogen-bond donors (Lipinski definition) is 0. The molecule has 2 nitrogen and oxygen atoms in total. The molecule has 0 spiro atoms. The largest absolute Gasteiger partial charge is 0.441 e. The van der Waals surface area contributed by atoms with E-state index in [1.165, 1.54) is 11.1 Å². The molecule has 0 aliphatic rings. The van der Waals surface area contributed by atoms with Crippen LogP contribution in [0, 0.1) is 6.92 Å². The van der Waals surface area contributed by atoms with Gasteiger partial charge in [-0.2, -0.15) is 0 Å². The first-order valence-electron chi connectivity index (χ1n) is 6.22. The lowest BCUT2D eigenvalue weighted by atomic mass is 10.1. The fraction of sp³-hybridized carbons (Fsp3) is 0.188. The minimum absolute atomic E-state index is 0.822. The zero-order chi connectivity index (χ0) is 12.4. The summed E-state index contributed by atoms with van der Waals surface area (Å²) in [7, 11) is 0. The van der Waals surface area contributed by atoms with Crippen LogP contribution in [0.1, 0.15) is 17.0 Å². The Hall–Kier alpha value is -2.09. The molecule has 2 aromatic carbocycles. The van der Waals surface area contributed by atoms with Crippen molar-refractivity contribution in [2.24, 2.45) is 0 Å². The molecule has 0 bridgehead atoms. The Balaban J connectivity index is 1.81. The van der Waals surface area contributed by atoms with Crippen molar-refractivity contribution in [2.45, 2.75) is 19.8 Å². The van der Waals surface area contributed by atoms with Gasteiger partial charge < -0.3 is 4.42 Å². The van der Waals surface area contributed by atoms with E-state index in [2.05, 4.69) is 42.2 Å². The van der Waals surface area contributed by atoms with Crippen LogP contribution in [0.5, 0.6) is 0 Å². The average molecular weight is 237 g/mol. The van der Waals surface area contributed by atoms with Crippen molar-refractivity contribution in [3.8, 4) is 0 Å². The maximum atomic E-state index is 5.76. The van der Waals surface area contributed by atoms with Gasteiger partial charge in [0.2, 0.25) is 0 Å². The first-order chi connectivity index (χ1) is 8.83. The predicted octanol–water partition coefficient (Wildman–Crippen LogP) is 3.92. The third-order valence-corrected chi connectivity index (χ3v) is 3.14. The van der Waals surface area contributed by atoms with E-state index in [1.807, 2.05) is 18.2 Å². The molecule has 0 radical (unpaired) electrons. The molecule has 90 valence electrons. The molecule has 18 heavy (non-hydrogen) atoms. The van der Waals surface area contributed by atoms with E-state index in [0.717, 1.165) is 29.8 Å². The van der Waals surface area contributed by atoms with E-state index in [0.29, 0.717) is 0 Å². The lowest BCUT2D eigenvalue weighted by Crippen LogP contribution is -1.90. The lowest BCUT2D eigenvalue weighted by molar-refractivity contribution is 0.528. The van der Waals surface area contributed by atoms with E-state index in [4.69, 9.17) is 4.42 Å². The Bertz CT molecular complexity index is 655. The Kier molecular flexibility index (Phi) is 2.85. The smallest absolute Gasteiger partial charge is 0.195 e. The second-order valence-electron chi connectivity index (χ2n) is 4.51. The van der Waals surface area contributed by atoms with Gasteiger partial charge in [-0.1, -0.05) is 42.5 Å². The molecule has 3 rings (SSSR count). The molecule has 0 fully saturated rings. The fourth-order valence-corrected chi connectivity index (χ4v) is 2.14. The number of aromatic nitrogens is 1. The number of para-hydroxylation sites is 1. The second kappa shape index (κ2) is 4.65. The van der Waals surface area contributed by atoms with Crippen LogP contribution in [0.15, 0.2) is 52.9 Å². The first-order valence-corrected chi connectivity index (χ1v) is 6.22. The number of nitrogens with zero attached hydrogens (tertiary/aromatic N) is 1. The van der Waals surface area contributed by atoms with Crippen molar-refractivity contribution < 1.29 is 4.42 Å². The Morgan fingerprint density at radius 1 is 0.944 bits per heavy atom. The lowest BCUT2D eigenvalue weighted by Gasteiger charge is -1.96. The molecule has 0 amide bonds. The van der Waals surface area contributed by atoms with Crippen molar-refractivity contribution >= 4 is 11.1 Å². The molecule has 0 aliphatic heterocycles. The summed E-state index contributed by atoms with van der Waals surface area (Å²) >= 11 is 0. The summed E-state index contributed by atoms with van der Waals surface area (Å²) in [4.78, 5) is 4.56. The molecular formula is C16H15NO. The van der Waals surface area contributed by atoms with Gasteiger partial charge in [0, 0.05) is 6.42 Å². The van der Waals surface area contributed by atoms with Gasteiger partial charge in [-0.15, -0.1) is 0 Å². The van der Waals surface area contributed by atoms with Crippen LogP contribution in [-0.2, 0) is 12.8 Å². The SMILES string of the molecule is Cc1cccc2oc(CCc3ccccc3)nc12. The number of oxazole rings is 1. The van der Waals surface area contributed by atoms with Gasteiger partial charge in [-0.25, -0.2) is 4.98 Å². The molecule has 0 saturated heterocycles. The zero-order valence-electron chi connectivity index (χ0n) is 10.4. The van der Waals surface area contributed by atoms with Gasteiger partial charge >= 0.3 is 0 Å². The van der Waals surface area contributed by atoms with Gasteiger partial charge in [-0.3, -0.25) is 0 Å². The quantitative estimate of drug-likeness (QED) is 0.690. The van der Waals surface area contributed by atoms with Crippen LogP contribution in [0.4, 0.5) is 0 Å². The summed E-state index contributed by atoms with van der Waals surface area (Å²) in [6.07, 6.45) is 1.81. The van der Waals surface area contributed by atoms with Crippen LogP contribution in [-0.4, -0.2) is 4.98 Å². The molecule has 0 saturated carbocycles. The summed E-state index contributed by atoms with van der Waals surface area (Å²) in [5.74, 6) is 0.822. The summed E-state index contributed by atoms with van der Waals surface area (Å²) < 4.78 is 5.76. The van der Waals surface area contributed by atoms with Crippen LogP contribution in [0.25, 0.3) is 11.1 Å². The Morgan fingerprint density at radius 3 is 2.56 bits per heavy atom. The maximum Gasteiger partial charge on any atom is 0.195 e. The van der Waals surface area contributed by atoms with Crippen LogP contribution in [0.3, 0.4) is 0 Å². The molecule has 0 N–H and O–H groups in total. The number of hydrogen-bond acceptors (Lipinski definition) is 2. The number of rotatable bonds is 3. The van der Waals surface area contributed by atoms with E-state index < -0.39 is 0 Å². The highest BCUT2D eigenvalue weighted by molar-refractivity contribution is 5.76. The third-order valence-electron chi connectivity index (χ3n) is 3.14. The topological polar surface area (TPSA) is 26.0 Å². The highest BCUT2D eigenvalue weighted by Crippen LogP contribution is 2.19. The molecule has 1 heterocycles. The Labute approximate surface area is 106 Å². The highest BCUT2D eigenvalue weighted by atomic mass is 16.3. The molecule has 0 atom stereocenters. The highest BCUT2D eigenvalue weighted by Gasteiger charge is 2.07. The van der Waals surface area contributed by atoms with Crippen LogP contribution < -0.4 is 0 Å². The normalized spacial score (nSPS) is 10.9. The molecule has 0 aliphatic carbocycles. The number of benzene rings is 2. The van der Waals surface area contributed by atoms with Crippen molar-refractivity contribution in [3.63, 3.8) is 0 Å². The average Bonchev–Trinajstić information content (AvgIpc) is 2.82. The minimum atomic E-state index is 0.822. The Morgan fingerprint density at radius 2 is 1.78 bits per heavy atom. The standard InChI is InChI=1S/C16H15NO/c1-12-6-5-9-14-16(12)17-15(18-14)11-10-13-7-3-2-4-8-13/h2-9H,10-11H2,1H3. The molecular weight excluding hydrogens is 222 g/mol. The van der Waals surface area contributed by atoms with Crippen LogP contribution >= 0.6 is 0 Å². The van der Waals surface area contributed by atoms with Crippen molar-refractivity contribution in [1.29, 1.82) is 0 Å². The molecule has 1 aromatic heterocycles. The van der Waals surface area contributed by atoms with Crippen LogP contribution in [0.2, 0.25) is 0 Å². The minimum Gasteiger partial charge on any atom is -0.441 e. The summed E-state index contributed by atoms with van der Waals surface area (Å²) in [5, 5.41) is 0. The second-order valence-corrected chi connectivity index (χ2v) is 4.51. The summed E-state index contributed by atoms with van der Waals surface area (Å²) in [6, 6.07) is 16.5. The van der Waals surface area contributed by atoms with Crippen molar-refractivity contribution in [3.05, 3.63) is 65.5 Å². The van der Waals surface area contributed by atoms with Crippen molar-refractivity contribution in [1.82, 2.24) is 4.98 Å². The number of aryl methyl sites for hydroxylation is 3. The summed E-state index contributed by atoms with van der Waals surface area (Å²) in [5.41, 5.74) is 4.36. The van der Waals surface area contributed by atoms with E-state index in [9.17, 15) is 0 Å². The van der Waals surface area contributed by atoms with Gasteiger partial charge in [0.15, 0.2) is 11.5 Å². The van der Waals surface area contributed by atoms with Gasteiger partial charge in [0.25, 0.3) is 0 Å². The first kappa shape index (κ1) is 11.0. The molecule has 3 aromatic rings. The maximum absolute atomic E-state index is 5.76. The van der Waals surface area contributed by atoms with Gasteiger partial charge in [-0.05, 0) is 30.5 Å². The number of fused-ring (bicyclic) bond motifs is 1. The predicted molar refractivity (Wildman–Crippen MR) is 72.6 cm³/mol. The van der Waals surface area contributed by atoms with E-state index in [1.54, 1.807) is 0 Å². The van der Waals surface area contributed by atoms with Gasteiger partial charge in [0.05, 0.1) is 0 Å². The third kappa shape index (κ3) is 2.14. The van der Waals surface area contributed by atoms with E-state index >= 15 is 0 Å². The van der Waals surface area contributed by atoms with Crippen molar-refractivity contribution in [2.75, 3.05) is 0 Å². The van der Waals surface area contributed by atoms with E-state index in [-0.39, 0.29) is 0 Å². The zero-order valence-corrected chi connectivity index (χ0v) is 10.4. The molecule has 0 unspecified atom stereocenters. The monoisotopic (exact) mass is 237 g/mol. The molecule has 2 heteroatoms. The summed E-state index contributed by atoms with van der Waals surface area (Å²) in [6.45, 7) is 2.06.